The average Bonchev–Trinajstić information content (AvgIpc) is 1.22. The number of rotatable bonds is 69. The lowest BCUT2D eigenvalue weighted by atomic mass is 9.92. The Balaban J connectivity index is 0.0000354. The van der Waals surface area contributed by atoms with Gasteiger partial charge < -0.3 is 138 Å². The van der Waals surface area contributed by atoms with Crippen molar-refractivity contribution in [1.82, 2.24) is 5.32 Å². The van der Waals surface area contributed by atoms with Crippen LogP contribution in [0, 0.1) is 23.2 Å². The Hall–Kier alpha value is -0.860. The molecule has 0 aromatic heterocycles. The number of ether oxygens (including phenoxy) is 12. The summed E-state index contributed by atoms with van der Waals surface area (Å²) in [5, 5.41) is 103. The molecule has 4 rings (SSSR count). The number of aliphatic hydroxyl groups is 10. The number of phosphoric ester groups is 5. The van der Waals surface area contributed by atoms with E-state index in [4.69, 9.17) is 102 Å². The van der Waals surface area contributed by atoms with E-state index in [-0.39, 0.29) is 148 Å². The van der Waals surface area contributed by atoms with Crippen LogP contribution in [0.5, 0.6) is 0 Å². The van der Waals surface area contributed by atoms with E-state index in [1.54, 1.807) is 20.8 Å². The van der Waals surface area contributed by atoms with E-state index in [0.717, 1.165) is 0 Å². The second kappa shape index (κ2) is 64.0. The van der Waals surface area contributed by atoms with Crippen molar-refractivity contribution in [2.24, 2.45) is 23.2 Å². The molecule has 120 heavy (non-hydrogen) atoms. The summed E-state index contributed by atoms with van der Waals surface area (Å²) >= 11 is 0. The quantitative estimate of drug-likeness (QED) is 0.0222. The molecule has 0 radical (unpaired) electrons. The van der Waals surface area contributed by atoms with E-state index in [9.17, 15) is 103 Å². The Morgan fingerprint density at radius 3 is 1.09 bits per heavy atom. The summed E-state index contributed by atoms with van der Waals surface area (Å²) in [5.41, 5.74) is -1.58. The second-order valence-electron chi connectivity index (χ2n) is 28.8. The van der Waals surface area contributed by atoms with Gasteiger partial charge in [0.15, 0.2) is 32.5 Å². The van der Waals surface area contributed by atoms with Crippen LogP contribution in [0.4, 0.5) is 0 Å². The molecule has 0 bridgehead atoms. The molecule has 720 valence electrons. The summed E-state index contributed by atoms with van der Waals surface area (Å²) in [6, 6.07) is -1.11. The first-order valence-electron chi connectivity index (χ1n) is 39.3. The summed E-state index contributed by atoms with van der Waals surface area (Å²) in [6.45, 7) is 0.124. The van der Waals surface area contributed by atoms with Gasteiger partial charge in [0.2, 0.25) is 5.91 Å². The van der Waals surface area contributed by atoms with Crippen molar-refractivity contribution in [3.8, 4) is 0 Å². The number of carbonyl (C=O) groups excluding carboxylic acids is 1. The first-order chi connectivity index (χ1) is 55.1. The molecule has 4 saturated heterocycles. The first kappa shape index (κ1) is 119. The van der Waals surface area contributed by atoms with Crippen LogP contribution in [0.1, 0.15) is 173 Å². The lowest BCUT2D eigenvalue weighted by Crippen LogP contribution is -2.64. The molecule has 0 aromatic rings. The molecule has 24 atom stereocenters. The molecule has 0 spiro atoms. The van der Waals surface area contributed by atoms with Crippen LogP contribution >= 0.6 is 39.1 Å². The second-order valence-corrected chi connectivity index (χ2v) is 36.0. The molecule has 4 fully saturated rings. The Morgan fingerprint density at radius 2 is 0.733 bits per heavy atom. The highest BCUT2D eigenvalue weighted by Crippen LogP contribution is 2.49. The third-order valence-corrected chi connectivity index (χ3v) is 23.7. The zero-order valence-corrected chi connectivity index (χ0v) is 71.3. The monoisotopic (exact) mass is 1860 g/mol. The van der Waals surface area contributed by atoms with Gasteiger partial charge in [-0.2, -0.15) is 0 Å². The number of hydrogen-bond acceptors (Lipinski definition) is 38. The van der Waals surface area contributed by atoms with Crippen molar-refractivity contribution >= 4 is 45.0 Å². The van der Waals surface area contributed by atoms with Gasteiger partial charge in [-0.1, -0.05) is 89.0 Å². The van der Waals surface area contributed by atoms with Crippen molar-refractivity contribution in [1.29, 1.82) is 0 Å². The van der Waals surface area contributed by atoms with E-state index >= 15 is 0 Å². The standard InChI is InChI=1S/C67H132NO43P5.4CH4/c1-6-52-53(34-47(2)107-52)111-116(88,89)106-46-94-40-51(35-69)39-93-45-105-115(86,87)104-44-67(41-90-22-19-31-101-112(80,81)98-28-16-10-7-13-25-95-64-48(3)58(74)60(76)54(36-70)108-64,42-91-23-20-32-102-113(82,83)99-29-17-11-8-14-26-96-65-49(4)59(75)61(77)55(37-71)109-65)43-92-24-21-33-103-114(84,85)100-30-18-12-9-15-27-97-66-57(68-50(5)73)63(79)62(78)56(38-72)110-66;;;;/h47-49,51-66,69-72,74-79H,6-46H2,1-5H3,(H,68,73)(H,80,81)(H,82,83)(H,84,85)(H,86,87)(H,88,89);4*1H4/t47-,48?,49?,51?,52+,53-,54?,55?,56?,57?,58+,59+,60-,61-,62-,63+,64+,65+,66+,67?;;;;/m0..../s1. The molecule has 0 aliphatic carbocycles. The highest BCUT2D eigenvalue weighted by atomic mass is 31.2. The van der Waals surface area contributed by atoms with Crippen LogP contribution in [-0.2, 0) is 130 Å². The molecule has 44 nitrogen and oxygen atoms in total. The Morgan fingerprint density at radius 1 is 0.400 bits per heavy atom. The predicted molar refractivity (Wildman–Crippen MR) is 427 cm³/mol. The highest BCUT2D eigenvalue weighted by Gasteiger charge is 2.47. The summed E-state index contributed by atoms with van der Waals surface area (Å²) in [6.07, 6.45) is -8.35. The largest absolute Gasteiger partial charge is 0.474 e. The van der Waals surface area contributed by atoms with Crippen molar-refractivity contribution in [3.63, 3.8) is 0 Å². The molecular weight excluding hydrogens is 1710 g/mol. The number of aliphatic hydroxyl groups excluding tert-OH is 10. The van der Waals surface area contributed by atoms with Gasteiger partial charge in [-0.25, -0.2) is 22.8 Å². The molecular formula is C71H148NO43P5. The number of carbonyl (C=O) groups is 1. The Bertz CT molecular complexity index is 2770. The van der Waals surface area contributed by atoms with Crippen LogP contribution in [0.3, 0.4) is 0 Å². The van der Waals surface area contributed by atoms with Crippen LogP contribution in [0.2, 0.25) is 0 Å². The van der Waals surface area contributed by atoms with Gasteiger partial charge in [-0.05, 0) is 71.1 Å². The van der Waals surface area contributed by atoms with E-state index in [1.165, 1.54) is 6.92 Å². The van der Waals surface area contributed by atoms with Crippen LogP contribution in [0.25, 0.3) is 0 Å². The summed E-state index contributed by atoms with van der Waals surface area (Å²) in [5.74, 6) is -2.45. The minimum Gasteiger partial charge on any atom is -0.396 e. The lowest BCUT2D eigenvalue weighted by molar-refractivity contribution is -0.282. The zero-order valence-electron chi connectivity index (χ0n) is 66.8. The van der Waals surface area contributed by atoms with Crippen molar-refractivity contribution in [2.75, 3.05) is 159 Å². The maximum Gasteiger partial charge on any atom is 0.474 e. The van der Waals surface area contributed by atoms with E-state index in [1.807, 2.05) is 6.92 Å². The van der Waals surface area contributed by atoms with Gasteiger partial charge in [-0.15, -0.1) is 0 Å². The van der Waals surface area contributed by atoms with Gasteiger partial charge in [-0.3, -0.25) is 50.0 Å². The van der Waals surface area contributed by atoms with Crippen LogP contribution in [0.15, 0.2) is 0 Å². The minimum absolute atomic E-state index is 0. The van der Waals surface area contributed by atoms with Crippen molar-refractivity contribution < 1.29 is 205 Å². The number of hydrogen-bond donors (Lipinski definition) is 16. The third kappa shape index (κ3) is 47.6. The number of amides is 1. The normalized spacial score (nSPS) is 29.1. The molecule has 0 saturated carbocycles. The number of nitrogens with one attached hydrogen (secondary N) is 1. The van der Waals surface area contributed by atoms with E-state index in [2.05, 4.69) is 5.32 Å². The fourth-order valence-electron chi connectivity index (χ4n) is 12.1. The SMILES string of the molecule is C.C.C.C.CC[C@H]1O[C@@H](C)C[C@@H]1OP(=O)(O)OCOCC(CO)COCOP(=O)(O)OCC(COCCCOP(=O)(O)OCCCCCCO[C@@H]1OC(CO)[C@H](O)[C@H](O)C1C)(COCCCOP(=O)(O)OCCCCCCO[C@@H]1OC(CO)[C@H](O)[C@H](O)C1C)COCCCOP(=O)(O)OCCCCCCO[C@@H]1OC(CO)[C@H](O)[C@H](O)C1NC(C)=O. The topological polar surface area (TPSA) is 621 Å². The summed E-state index contributed by atoms with van der Waals surface area (Å²) in [4.78, 5) is 64.5. The van der Waals surface area contributed by atoms with Crippen molar-refractivity contribution in [2.45, 2.75) is 272 Å². The predicted octanol–water partition coefficient (Wildman–Crippen LogP) is 4.74. The molecule has 16 N–H and O–H groups in total. The lowest BCUT2D eigenvalue weighted by Gasteiger charge is -2.42. The zero-order chi connectivity index (χ0) is 85.8. The molecule has 12 unspecified atom stereocenters. The summed E-state index contributed by atoms with van der Waals surface area (Å²) in [7, 11) is -23.5. The first-order valence-corrected chi connectivity index (χ1v) is 46.8. The van der Waals surface area contributed by atoms with E-state index < -0.39 is 227 Å². The maximum atomic E-state index is 13.6. The van der Waals surface area contributed by atoms with Crippen molar-refractivity contribution in [3.05, 3.63) is 0 Å². The molecule has 1 amide bonds. The smallest absolute Gasteiger partial charge is 0.396 e. The van der Waals surface area contributed by atoms with Gasteiger partial charge in [0.05, 0.1) is 142 Å². The minimum atomic E-state index is -5.11. The van der Waals surface area contributed by atoms with Crippen LogP contribution < -0.4 is 5.32 Å². The fraction of sp³-hybridized carbons (Fsp3) is 0.986. The molecule has 49 heteroatoms. The Labute approximate surface area is 706 Å². The highest BCUT2D eigenvalue weighted by molar-refractivity contribution is 7.48. The van der Waals surface area contributed by atoms with Gasteiger partial charge in [0.1, 0.15) is 48.8 Å². The number of phosphoric acid groups is 5. The van der Waals surface area contributed by atoms with Crippen LogP contribution in [-0.4, -0.2) is 339 Å². The Kier molecular flexibility index (Phi) is 63.6. The van der Waals surface area contributed by atoms with E-state index in [0.29, 0.717) is 89.9 Å². The average molecular weight is 1860 g/mol. The fourth-order valence-corrected chi connectivity index (χ4v) is 16.1. The molecule has 4 heterocycles. The molecule has 4 aliphatic rings. The summed E-state index contributed by atoms with van der Waals surface area (Å²) < 4.78 is 185. The van der Waals surface area contributed by atoms with Gasteiger partial charge >= 0.3 is 39.1 Å². The third-order valence-electron chi connectivity index (χ3n) is 18.8. The van der Waals surface area contributed by atoms with Gasteiger partial charge in [0, 0.05) is 70.7 Å². The van der Waals surface area contributed by atoms with Gasteiger partial charge in [0.25, 0.3) is 0 Å². The molecule has 0 aromatic carbocycles. The number of unbranched alkanes of at least 4 members (excludes halogenated alkanes) is 9. The molecule has 4 aliphatic heterocycles. The maximum absolute atomic E-state index is 13.6.